The summed E-state index contributed by atoms with van der Waals surface area (Å²) in [5.74, 6) is 0.628. The molecule has 0 saturated carbocycles. The van der Waals surface area contributed by atoms with Crippen LogP contribution in [-0.2, 0) is 0 Å². The fraction of sp³-hybridized carbons (Fsp3) is 0.500. The number of hydrogen-bond donors (Lipinski definition) is 1. The van der Waals surface area contributed by atoms with Gasteiger partial charge in [-0.2, -0.15) is 5.26 Å². The maximum absolute atomic E-state index is 8.94. The second-order valence-electron chi connectivity index (χ2n) is 3.53. The maximum Gasteiger partial charge on any atom is 0.187 e. The van der Waals surface area contributed by atoms with Crippen LogP contribution in [0.3, 0.4) is 0 Å². The lowest BCUT2D eigenvalue weighted by Crippen LogP contribution is -2.40. The monoisotopic (exact) mass is 222 g/mol. The van der Waals surface area contributed by atoms with Crippen LogP contribution in [0.25, 0.3) is 0 Å². The van der Waals surface area contributed by atoms with Crippen LogP contribution in [0.5, 0.6) is 0 Å². The zero-order valence-electron chi connectivity index (χ0n) is 9.11. The van der Waals surface area contributed by atoms with Gasteiger partial charge in [-0.25, -0.2) is 9.97 Å². The predicted molar refractivity (Wildman–Crippen MR) is 60.6 cm³/mol. The molecule has 15 heavy (non-hydrogen) atoms. The molecular weight excluding hydrogens is 208 g/mol. The van der Waals surface area contributed by atoms with E-state index in [1.807, 2.05) is 13.8 Å². The van der Waals surface area contributed by atoms with Crippen molar-refractivity contribution in [2.75, 3.05) is 12.8 Å². The molecule has 1 aromatic rings. The van der Waals surface area contributed by atoms with Crippen molar-refractivity contribution in [3.8, 4) is 6.07 Å². The van der Waals surface area contributed by atoms with Crippen LogP contribution in [-0.4, -0.2) is 28.3 Å². The molecule has 0 saturated heterocycles. The molecule has 1 rings (SSSR count). The van der Waals surface area contributed by atoms with Crippen LogP contribution in [0, 0.1) is 18.3 Å². The molecule has 0 aromatic carbocycles. The van der Waals surface area contributed by atoms with E-state index in [0.29, 0.717) is 10.9 Å². The predicted octanol–water partition coefficient (Wildman–Crippen LogP) is 1.38. The molecule has 0 aliphatic heterocycles. The molecule has 0 amide bonds. The molecule has 5 heteroatoms. The van der Waals surface area contributed by atoms with E-state index in [1.54, 1.807) is 19.4 Å². The SMILES string of the molecule is CNC(C)(C#N)CSc1ncc(C)cn1. The second kappa shape index (κ2) is 5.10. The molecule has 0 spiro atoms. The van der Waals surface area contributed by atoms with Gasteiger partial charge in [0.2, 0.25) is 0 Å². The summed E-state index contributed by atoms with van der Waals surface area (Å²) in [5, 5.41) is 12.6. The summed E-state index contributed by atoms with van der Waals surface area (Å²) in [6, 6.07) is 2.22. The van der Waals surface area contributed by atoms with Gasteiger partial charge in [-0.1, -0.05) is 11.8 Å². The van der Waals surface area contributed by atoms with Crippen molar-refractivity contribution in [2.45, 2.75) is 24.5 Å². The topological polar surface area (TPSA) is 61.6 Å². The van der Waals surface area contributed by atoms with Gasteiger partial charge in [-0.05, 0) is 26.5 Å². The Bertz CT molecular complexity index is 357. The molecule has 0 fully saturated rings. The first-order valence-electron chi connectivity index (χ1n) is 4.61. The first kappa shape index (κ1) is 12.0. The van der Waals surface area contributed by atoms with Crippen molar-refractivity contribution in [3.05, 3.63) is 18.0 Å². The normalized spacial score (nSPS) is 14.3. The number of aryl methyl sites for hydroxylation is 1. The summed E-state index contributed by atoms with van der Waals surface area (Å²) in [4.78, 5) is 8.33. The number of hydrogen-bond acceptors (Lipinski definition) is 5. The van der Waals surface area contributed by atoms with Gasteiger partial charge >= 0.3 is 0 Å². The van der Waals surface area contributed by atoms with E-state index in [9.17, 15) is 0 Å². The maximum atomic E-state index is 8.94. The Morgan fingerprint density at radius 3 is 2.60 bits per heavy atom. The molecule has 0 aliphatic carbocycles. The molecule has 0 bridgehead atoms. The zero-order chi connectivity index (χ0) is 11.3. The van der Waals surface area contributed by atoms with Crippen LogP contribution in [0.1, 0.15) is 12.5 Å². The standard InChI is InChI=1S/C10H14N4S/c1-8-4-13-9(14-5-8)15-7-10(2,6-11)12-3/h4-5,12H,7H2,1-3H3. The van der Waals surface area contributed by atoms with Gasteiger partial charge in [0.05, 0.1) is 6.07 Å². The van der Waals surface area contributed by atoms with Gasteiger partial charge in [0, 0.05) is 18.1 Å². The first-order chi connectivity index (χ1) is 7.09. The second-order valence-corrected chi connectivity index (χ2v) is 4.47. The molecule has 4 nitrogen and oxygen atoms in total. The fourth-order valence-electron chi connectivity index (χ4n) is 0.825. The number of nitriles is 1. The Morgan fingerprint density at radius 1 is 1.53 bits per heavy atom. The Morgan fingerprint density at radius 2 is 2.13 bits per heavy atom. The zero-order valence-corrected chi connectivity index (χ0v) is 9.93. The summed E-state index contributed by atoms with van der Waals surface area (Å²) in [7, 11) is 1.78. The summed E-state index contributed by atoms with van der Waals surface area (Å²) >= 11 is 1.48. The van der Waals surface area contributed by atoms with Crippen molar-refractivity contribution in [2.24, 2.45) is 0 Å². The number of nitrogens with zero attached hydrogens (tertiary/aromatic N) is 3. The van der Waals surface area contributed by atoms with Crippen molar-refractivity contribution in [1.82, 2.24) is 15.3 Å². The summed E-state index contributed by atoms with van der Waals surface area (Å²) < 4.78 is 0. The van der Waals surface area contributed by atoms with Gasteiger partial charge in [-0.3, -0.25) is 0 Å². The van der Waals surface area contributed by atoms with Gasteiger partial charge in [0.15, 0.2) is 5.16 Å². The Kier molecular flexibility index (Phi) is 4.06. The third kappa shape index (κ3) is 3.50. The smallest absolute Gasteiger partial charge is 0.187 e. The molecule has 0 radical (unpaired) electrons. The quantitative estimate of drug-likeness (QED) is 0.616. The molecule has 1 aromatic heterocycles. The van der Waals surface area contributed by atoms with Crippen LogP contribution >= 0.6 is 11.8 Å². The van der Waals surface area contributed by atoms with E-state index in [0.717, 1.165) is 5.56 Å². The lowest BCUT2D eigenvalue weighted by Gasteiger charge is -2.19. The van der Waals surface area contributed by atoms with Gasteiger partial charge < -0.3 is 5.32 Å². The van der Waals surface area contributed by atoms with Crippen LogP contribution in [0.4, 0.5) is 0 Å². The van der Waals surface area contributed by atoms with Crippen LogP contribution in [0.2, 0.25) is 0 Å². The number of rotatable bonds is 4. The summed E-state index contributed by atoms with van der Waals surface area (Å²) in [5.41, 5.74) is 0.509. The van der Waals surface area contributed by atoms with Crippen molar-refractivity contribution in [1.29, 1.82) is 5.26 Å². The summed E-state index contributed by atoms with van der Waals surface area (Å²) in [6.07, 6.45) is 3.55. The average Bonchev–Trinajstić information content (AvgIpc) is 2.28. The number of nitrogens with one attached hydrogen (secondary N) is 1. The Hall–Kier alpha value is -1.12. The van der Waals surface area contributed by atoms with Gasteiger partial charge in [0.25, 0.3) is 0 Å². The number of thioether (sulfide) groups is 1. The Labute approximate surface area is 94.1 Å². The van der Waals surface area contributed by atoms with Crippen molar-refractivity contribution < 1.29 is 0 Å². The first-order valence-corrected chi connectivity index (χ1v) is 5.60. The molecule has 1 atom stereocenters. The highest BCUT2D eigenvalue weighted by molar-refractivity contribution is 7.99. The summed E-state index contributed by atoms with van der Waals surface area (Å²) in [6.45, 7) is 3.80. The van der Waals surface area contributed by atoms with Crippen molar-refractivity contribution in [3.63, 3.8) is 0 Å². The van der Waals surface area contributed by atoms with E-state index in [4.69, 9.17) is 5.26 Å². The van der Waals surface area contributed by atoms with E-state index in [2.05, 4.69) is 21.4 Å². The minimum Gasteiger partial charge on any atom is -0.302 e. The molecular formula is C10H14N4S. The third-order valence-corrected chi connectivity index (χ3v) is 3.24. The molecule has 80 valence electrons. The van der Waals surface area contributed by atoms with E-state index in [-0.39, 0.29) is 0 Å². The van der Waals surface area contributed by atoms with Gasteiger partial charge in [-0.15, -0.1) is 0 Å². The van der Waals surface area contributed by atoms with Crippen LogP contribution < -0.4 is 5.32 Å². The molecule has 1 unspecified atom stereocenters. The number of aromatic nitrogens is 2. The minimum absolute atomic E-state index is 0.529. The molecule has 1 heterocycles. The van der Waals surface area contributed by atoms with Crippen LogP contribution in [0.15, 0.2) is 17.6 Å². The lowest BCUT2D eigenvalue weighted by molar-refractivity contribution is 0.550. The van der Waals surface area contributed by atoms with E-state index in [1.165, 1.54) is 11.8 Å². The van der Waals surface area contributed by atoms with Crippen molar-refractivity contribution >= 4 is 11.8 Å². The van der Waals surface area contributed by atoms with Gasteiger partial charge in [0.1, 0.15) is 5.54 Å². The fourth-order valence-corrected chi connectivity index (χ4v) is 1.71. The van der Waals surface area contributed by atoms with E-state index >= 15 is 0 Å². The lowest BCUT2D eigenvalue weighted by atomic mass is 10.1. The highest BCUT2D eigenvalue weighted by atomic mass is 32.2. The minimum atomic E-state index is -0.529. The average molecular weight is 222 g/mol. The largest absolute Gasteiger partial charge is 0.302 e. The highest BCUT2D eigenvalue weighted by Crippen LogP contribution is 2.18. The van der Waals surface area contributed by atoms with E-state index < -0.39 is 5.54 Å². The highest BCUT2D eigenvalue weighted by Gasteiger charge is 2.21. The molecule has 1 N–H and O–H groups in total. The molecule has 0 aliphatic rings. The third-order valence-electron chi connectivity index (χ3n) is 2.05. The Balaban J connectivity index is 2.58.